The molecular weight excluding hydrogens is 252 g/mol. The lowest BCUT2D eigenvalue weighted by molar-refractivity contribution is -0.143. The fourth-order valence-electron chi connectivity index (χ4n) is 2.15. The van der Waals surface area contributed by atoms with Gasteiger partial charge in [0, 0.05) is 19.3 Å². The topological polar surface area (TPSA) is 52.6 Å². The molecule has 0 spiro atoms. The van der Waals surface area contributed by atoms with Crippen LogP contribution < -0.4 is 10.2 Å². The molecule has 4 nitrogen and oxygen atoms in total. The molecule has 0 aliphatic heterocycles. The number of carboxylic acids is 1. The number of nitrogens with one attached hydrogen (secondary N) is 1. The molecule has 0 radical (unpaired) electrons. The summed E-state index contributed by atoms with van der Waals surface area (Å²) in [4.78, 5) is 13.5. The van der Waals surface area contributed by atoms with Gasteiger partial charge in [-0.15, -0.1) is 0 Å². The van der Waals surface area contributed by atoms with E-state index in [1.807, 2.05) is 31.0 Å². The van der Waals surface area contributed by atoms with Crippen molar-refractivity contribution in [1.29, 1.82) is 0 Å². The van der Waals surface area contributed by atoms with E-state index < -0.39 is 11.5 Å². The summed E-state index contributed by atoms with van der Waals surface area (Å²) in [6.07, 6.45) is 1.92. The molecule has 1 rings (SSSR count). The third kappa shape index (κ3) is 4.23. The van der Waals surface area contributed by atoms with E-state index in [1.165, 1.54) is 5.56 Å². The van der Waals surface area contributed by atoms with Crippen molar-refractivity contribution in [2.45, 2.75) is 39.2 Å². The van der Waals surface area contributed by atoms with Gasteiger partial charge in [0.05, 0.1) is 0 Å². The molecule has 2 N–H and O–H groups in total. The van der Waals surface area contributed by atoms with Gasteiger partial charge in [-0.1, -0.05) is 26.0 Å². The Bertz CT molecular complexity index is 431. The number of anilines is 1. The average molecular weight is 278 g/mol. The normalized spacial score (nSPS) is 13.8. The van der Waals surface area contributed by atoms with Gasteiger partial charge in [-0.25, -0.2) is 0 Å². The Hall–Kier alpha value is -1.55. The Labute approximate surface area is 121 Å². The maximum atomic E-state index is 11.5. The van der Waals surface area contributed by atoms with Crippen molar-refractivity contribution in [3.63, 3.8) is 0 Å². The van der Waals surface area contributed by atoms with Crippen LogP contribution in [0.3, 0.4) is 0 Å². The molecule has 0 heterocycles. The van der Waals surface area contributed by atoms with E-state index in [9.17, 15) is 9.90 Å². The van der Waals surface area contributed by atoms with E-state index in [0.29, 0.717) is 13.1 Å². The molecule has 0 fully saturated rings. The number of hydrogen-bond donors (Lipinski definition) is 2. The molecule has 4 heteroatoms. The molecule has 0 aliphatic carbocycles. The Balaban J connectivity index is 2.78. The minimum absolute atomic E-state index is 0.424. The lowest BCUT2D eigenvalue weighted by Gasteiger charge is -2.32. The second kappa shape index (κ2) is 7.29. The summed E-state index contributed by atoms with van der Waals surface area (Å²) < 4.78 is 0. The van der Waals surface area contributed by atoms with Gasteiger partial charge in [-0.2, -0.15) is 0 Å². The first kappa shape index (κ1) is 16.5. The molecule has 0 saturated heterocycles. The van der Waals surface area contributed by atoms with Gasteiger partial charge >= 0.3 is 5.97 Å². The second-order valence-corrected chi connectivity index (χ2v) is 5.44. The Kier molecular flexibility index (Phi) is 6.02. The third-order valence-corrected chi connectivity index (χ3v) is 3.58. The Morgan fingerprint density at radius 2 is 1.90 bits per heavy atom. The van der Waals surface area contributed by atoms with Crippen LogP contribution in [0.5, 0.6) is 0 Å². The highest BCUT2D eigenvalue weighted by atomic mass is 16.4. The quantitative estimate of drug-likeness (QED) is 0.767. The summed E-state index contributed by atoms with van der Waals surface area (Å²) in [5.41, 5.74) is 1.38. The van der Waals surface area contributed by atoms with Crippen LogP contribution >= 0.6 is 0 Å². The monoisotopic (exact) mass is 278 g/mol. The highest BCUT2D eigenvalue weighted by Crippen LogP contribution is 2.17. The Morgan fingerprint density at radius 3 is 2.35 bits per heavy atom. The molecular formula is C16H26N2O2. The van der Waals surface area contributed by atoms with Gasteiger partial charge in [0.1, 0.15) is 5.54 Å². The fourth-order valence-corrected chi connectivity index (χ4v) is 2.15. The van der Waals surface area contributed by atoms with Gasteiger partial charge < -0.3 is 15.3 Å². The van der Waals surface area contributed by atoms with Crippen molar-refractivity contribution in [3.8, 4) is 0 Å². The van der Waals surface area contributed by atoms with Gasteiger partial charge in [-0.3, -0.25) is 4.79 Å². The molecule has 1 aromatic carbocycles. The van der Waals surface area contributed by atoms with Crippen molar-refractivity contribution in [2.24, 2.45) is 0 Å². The molecule has 20 heavy (non-hydrogen) atoms. The van der Waals surface area contributed by atoms with E-state index in [0.717, 1.165) is 18.5 Å². The fraction of sp³-hybridized carbons (Fsp3) is 0.562. The van der Waals surface area contributed by atoms with Crippen molar-refractivity contribution in [3.05, 3.63) is 29.8 Å². The molecule has 0 bridgehead atoms. The van der Waals surface area contributed by atoms with Gasteiger partial charge in [0.15, 0.2) is 0 Å². The number of aliphatic carboxylic acids is 1. The van der Waals surface area contributed by atoms with Crippen LogP contribution in [0.4, 0.5) is 5.69 Å². The minimum atomic E-state index is -0.936. The number of aryl methyl sites for hydroxylation is 1. The third-order valence-electron chi connectivity index (χ3n) is 3.58. The highest BCUT2D eigenvalue weighted by molar-refractivity contribution is 5.79. The smallest absolute Gasteiger partial charge is 0.325 e. The van der Waals surface area contributed by atoms with Crippen LogP contribution in [0.25, 0.3) is 0 Å². The summed E-state index contributed by atoms with van der Waals surface area (Å²) in [6, 6.07) is 8.26. The highest BCUT2D eigenvalue weighted by Gasteiger charge is 2.33. The first-order valence-electron chi connectivity index (χ1n) is 7.21. The molecule has 1 aromatic rings. The first-order chi connectivity index (χ1) is 9.42. The average Bonchev–Trinajstić information content (AvgIpc) is 2.45. The van der Waals surface area contributed by atoms with E-state index in [4.69, 9.17) is 0 Å². The number of rotatable bonds is 8. The number of carboxylic acid groups (broad SMARTS) is 1. The zero-order valence-electron chi connectivity index (χ0n) is 12.9. The van der Waals surface area contributed by atoms with Crippen LogP contribution in [0.2, 0.25) is 0 Å². The predicted molar refractivity (Wildman–Crippen MR) is 83.4 cm³/mol. The van der Waals surface area contributed by atoms with Gasteiger partial charge in [-0.05, 0) is 44.0 Å². The maximum absolute atomic E-state index is 11.5. The van der Waals surface area contributed by atoms with E-state index in [1.54, 1.807) is 6.92 Å². The summed E-state index contributed by atoms with van der Waals surface area (Å²) in [5, 5.41) is 12.6. The lowest BCUT2D eigenvalue weighted by Crippen LogP contribution is -2.56. The summed E-state index contributed by atoms with van der Waals surface area (Å²) >= 11 is 0. The summed E-state index contributed by atoms with van der Waals surface area (Å²) in [6.45, 7) is 7.01. The summed E-state index contributed by atoms with van der Waals surface area (Å²) in [5.74, 6) is -0.817. The molecule has 1 unspecified atom stereocenters. The first-order valence-corrected chi connectivity index (χ1v) is 7.21. The van der Waals surface area contributed by atoms with Crippen LogP contribution in [-0.2, 0) is 11.2 Å². The zero-order chi connectivity index (χ0) is 15.2. The molecule has 0 saturated carbocycles. The Morgan fingerprint density at radius 1 is 1.30 bits per heavy atom. The van der Waals surface area contributed by atoms with E-state index in [-0.39, 0.29) is 0 Å². The van der Waals surface area contributed by atoms with Gasteiger partial charge in [0.2, 0.25) is 0 Å². The summed E-state index contributed by atoms with van der Waals surface area (Å²) in [7, 11) is 1.93. The molecule has 0 aromatic heterocycles. The van der Waals surface area contributed by atoms with Crippen LogP contribution in [-0.4, -0.2) is 36.8 Å². The van der Waals surface area contributed by atoms with Crippen molar-refractivity contribution in [2.75, 3.05) is 25.0 Å². The van der Waals surface area contributed by atoms with E-state index >= 15 is 0 Å². The standard InChI is InChI=1S/C16H26N2O2/c1-5-11-17-16(3,15(19)20)12-18(4)14-9-7-13(6-2)8-10-14/h7-10,17H,5-6,11-12H2,1-4H3,(H,19,20). The van der Waals surface area contributed by atoms with Crippen LogP contribution in [0, 0.1) is 0 Å². The number of nitrogens with zero attached hydrogens (tertiary/aromatic N) is 1. The second-order valence-electron chi connectivity index (χ2n) is 5.44. The molecule has 112 valence electrons. The SMILES string of the molecule is CCCNC(C)(CN(C)c1ccc(CC)cc1)C(=O)O. The van der Waals surface area contributed by atoms with E-state index in [2.05, 4.69) is 24.4 Å². The van der Waals surface area contributed by atoms with Crippen molar-refractivity contribution in [1.82, 2.24) is 5.32 Å². The van der Waals surface area contributed by atoms with Gasteiger partial charge in [0.25, 0.3) is 0 Å². The molecule has 0 amide bonds. The van der Waals surface area contributed by atoms with Crippen LogP contribution in [0.1, 0.15) is 32.8 Å². The zero-order valence-corrected chi connectivity index (χ0v) is 12.9. The number of carbonyl (C=O) groups is 1. The molecule has 0 aliphatic rings. The van der Waals surface area contributed by atoms with Crippen molar-refractivity contribution >= 4 is 11.7 Å². The number of benzene rings is 1. The van der Waals surface area contributed by atoms with Crippen molar-refractivity contribution < 1.29 is 9.90 Å². The van der Waals surface area contributed by atoms with Crippen LogP contribution in [0.15, 0.2) is 24.3 Å². The molecule has 1 atom stereocenters. The largest absolute Gasteiger partial charge is 0.480 e. The maximum Gasteiger partial charge on any atom is 0.325 e. The lowest BCUT2D eigenvalue weighted by atomic mass is 10.0. The predicted octanol–water partition coefficient (Wildman–Crippen LogP) is 2.53. The minimum Gasteiger partial charge on any atom is -0.480 e. The number of likely N-dealkylation sites (N-methyl/N-ethyl adjacent to an activating group) is 1. The number of hydrogen-bond acceptors (Lipinski definition) is 3.